The highest BCUT2D eigenvalue weighted by molar-refractivity contribution is 6.31. The van der Waals surface area contributed by atoms with Crippen LogP contribution in [0.25, 0.3) is 0 Å². The Hall–Kier alpha value is -2.19. The Balaban J connectivity index is 2.29. The number of nitrogens with zero attached hydrogens (tertiary/aromatic N) is 3. The molecule has 0 saturated heterocycles. The maximum Gasteiger partial charge on any atom is 0.348 e. The Bertz CT molecular complexity index is 603. The Morgan fingerprint density at radius 3 is 2.95 bits per heavy atom. The number of aromatic nitrogens is 2. The summed E-state index contributed by atoms with van der Waals surface area (Å²) in [7, 11) is 1.47. The molecule has 0 amide bonds. The first-order valence-electron chi connectivity index (χ1n) is 5.57. The minimum atomic E-state index is -0.636. The van der Waals surface area contributed by atoms with Crippen molar-refractivity contribution < 1.29 is 14.1 Å². The van der Waals surface area contributed by atoms with Crippen LogP contribution in [0.5, 0.6) is 0 Å². The molecule has 20 heavy (non-hydrogen) atoms. The topological polar surface area (TPSA) is 103 Å². The number of methoxy groups -OCH3 is 1. The predicted octanol–water partition coefficient (Wildman–Crippen LogP) is 2.39. The van der Waals surface area contributed by atoms with Crippen LogP contribution >= 0.6 is 11.6 Å². The fourth-order valence-electron chi connectivity index (χ4n) is 1.53. The van der Waals surface area contributed by atoms with Gasteiger partial charge in [-0.1, -0.05) is 11.6 Å². The van der Waals surface area contributed by atoms with Crippen LogP contribution in [0.3, 0.4) is 0 Å². The number of hydrogen-bond donors (Lipinski definition) is 1. The van der Waals surface area contributed by atoms with Crippen molar-refractivity contribution in [1.29, 1.82) is 0 Å². The van der Waals surface area contributed by atoms with E-state index in [1.807, 2.05) is 0 Å². The van der Waals surface area contributed by atoms with Crippen molar-refractivity contribution >= 4 is 23.1 Å². The molecule has 0 fully saturated rings. The molecule has 0 spiro atoms. The van der Waals surface area contributed by atoms with Crippen molar-refractivity contribution in [2.75, 3.05) is 12.4 Å². The van der Waals surface area contributed by atoms with Gasteiger partial charge in [0.1, 0.15) is 12.4 Å². The zero-order chi connectivity index (χ0) is 14.5. The third-order valence-electron chi connectivity index (χ3n) is 2.35. The molecule has 2 heterocycles. The molecule has 2 aromatic heterocycles. The second-order valence-electron chi connectivity index (χ2n) is 3.75. The lowest BCUT2D eigenvalue weighted by Gasteiger charge is -2.07. The molecule has 0 aromatic carbocycles. The molecule has 8 nitrogen and oxygen atoms in total. The number of ether oxygens (including phenoxy) is 1. The number of furan rings is 1. The maximum absolute atomic E-state index is 11.0. The van der Waals surface area contributed by atoms with Crippen LogP contribution < -0.4 is 5.32 Å². The monoisotopic (exact) mass is 298 g/mol. The molecule has 0 saturated carbocycles. The van der Waals surface area contributed by atoms with Gasteiger partial charge < -0.3 is 14.5 Å². The number of rotatable bonds is 6. The normalized spacial score (nSPS) is 10.5. The number of anilines is 1. The SMILES string of the molecule is COCc1nc(Cl)c([N+](=O)[O-])c(NCc2ccco2)n1. The Morgan fingerprint density at radius 2 is 2.35 bits per heavy atom. The van der Waals surface area contributed by atoms with Crippen LogP contribution in [0.4, 0.5) is 11.5 Å². The van der Waals surface area contributed by atoms with Crippen LogP contribution in [0.2, 0.25) is 5.15 Å². The van der Waals surface area contributed by atoms with E-state index in [-0.39, 0.29) is 35.6 Å². The molecule has 2 aromatic rings. The van der Waals surface area contributed by atoms with Crippen LogP contribution in [-0.4, -0.2) is 22.0 Å². The molecule has 0 bridgehead atoms. The number of hydrogen-bond acceptors (Lipinski definition) is 7. The van der Waals surface area contributed by atoms with Gasteiger partial charge in [0.15, 0.2) is 5.82 Å². The van der Waals surface area contributed by atoms with Gasteiger partial charge in [-0.3, -0.25) is 10.1 Å². The quantitative estimate of drug-likeness (QED) is 0.496. The molecule has 2 rings (SSSR count). The average molecular weight is 299 g/mol. The zero-order valence-electron chi connectivity index (χ0n) is 10.5. The minimum Gasteiger partial charge on any atom is -0.467 e. The van der Waals surface area contributed by atoms with Crippen molar-refractivity contribution in [3.8, 4) is 0 Å². The van der Waals surface area contributed by atoms with Crippen LogP contribution in [0.15, 0.2) is 22.8 Å². The molecule has 106 valence electrons. The Kier molecular flexibility index (Phi) is 4.49. The molecule has 0 aliphatic carbocycles. The lowest BCUT2D eigenvalue weighted by Crippen LogP contribution is -2.09. The number of nitrogens with one attached hydrogen (secondary N) is 1. The maximum atomic E-state index is 11.0. The van der Waals surface area contributed by atoms with Gasteiger partial charge in [0, 0.05) is 7.11 Å². The number of nitro groups is 1. The van der Waals surface area contributed by atoms with Crippen LogP contribution in [0.1, 0.15) is 11.6 Å². The van der Waals surface area contributed by atoms with E-state index in [2.05, 4.69) is 15.3 Å². The van der Waals surface area contributed by atoms with E-state index in [9.17, 15) is 10.1 Å². The van der Waals surface area contributed by atoms with Crippen LogP contribution in [-0.2, 0) is 17.9 Å². The highest BCUT2D eigenvalue weighted by Crippen LogP contribution is 2.30. The third kappa shape index (κ3) is 3.22. The molecule has 0 atom stereocenters. The van der Waals surface area contributed by atoms with Gasteiger partial charge >= 0.3 is 5.69 Å². The van der Waals surface area contributed by atoms with Crippen molar-refractivity contribution in [2.24, 2.45) is 0 Å². The molecule has 0 aliphatic heterocycles. The summed E-state index contributed by atoms with van der Waals surface area (Å²) in [4.78, 5) is 18.2. The molecule has 1 N–H and O–H groups in total. The van der Waals surface area contributed by atoms with Crippen molar-refractivity contribution in [1.82, 2.24) is 9.97 Å². The van der Waals surface area contributed by atoms with Crippen molar-refractivity contribution in [2.45, 2.75) is 13.2 Å². The van der Waals surface area contributed by atoms with Gasteiger partial charge in [0.2, 0.25) is 11.0 Å². The fraction of sp³-hybridized carbons (Fsp3) is 0.273. The molecule has 0 aliphatic rings. The van der Waals surface area contributed by atoms with E-state index in [0.717, 1.165) is 0 Å². The van der Waals surface area contributed by atoms with E-state index < -0.39 is 4.92 Å². The van der Waals surface area contributed by atoms with E-state index in [1.54, 1.807) is 12.1 Å². The molecule has 9 heteroatoms. The second-order valence-corrected chi connectivity index (χ2v) is 4.11. The zero-order valence-corrected chi connectivity index (χ0v) is 11.3. The van der Waals surface area contributed by atoms with E-state index in [0.29, 0.717) is 5.76 Å². The van der Waals surface area contributed by atoms with Gasteiger partial charge in [0.05, 0.1) is 17.7 Å². The average Bonchev–Trinajstić information content (AvgIpc) is 2.88. The largest absolute Gasteiger partial charge is 0.467 e. The van der Waals surface area contributed by atoms with Crippen molar-refractivity contribution in [3.63, 3.8) is 0 Å². The van der Waals surface area contributed by atoms with E-state index >= 15 is 0 Å². The third-order valence-corrected chi connectivity index (χ3v) is 2.62. The van der Waals surface area contributed by atoms with Gasteiger partial charge in [-0.2, -0.15) is 0 Å². The van der Waals surface area contributed by atoms with Gasteiger partial charge in [0.25, 0.3) is 0 Å². The highest BCUT2D eigenvalue weighted by Gasteiger charge is 2.23. The summed E-state index contributed by atoms with van der Waals surface area (Å²) in [6.45, 7) is 0.348. The summed E-state index contributed by atoms with van der Waals surface area (Å²) in [6, 6.07) is 3.45. The summed E-state index contributed by atoms with van der Waals surface area (Å²) in [5.74, 6) is 0.894. The summed E-state index contributed by atoms with van der Waals surface area (Å²) >= 11 is 5.81. The Labute approximate surface area is 118 Å². The molecule has 0 radical (unpaired) electrons. The summed E-state index contributed by atoms with van der Waals surface area (Å²) in [6.07, 6.45) is 1.51. The van der Waals surface area contributed by atoms with Crippen molar-refractivity contribution in [3.05, 3.63) is 45.2 Å². The number of halogens is 1. The van der Waals surface area contributed by atoms with E-state index in [1.165, 1.54) is 13.4 Å². The van der Waals surface area contributed by atoms with Crippen LogP contribution in [0, 0.1) is 10.1 Å². The van der Waals surface area contributed by atoms with E-state index in [4.69, 9.17) is 20.8 Å². The lowest BCUT2D eigenvalue weighted by molar-refractivity contribution is -0.384. The summed E-state index contributed by atoms with van der Waals surface area (Å²) in [5.41, 5.74) is -0.377. The predicted molar refractivity (Wildman–Crippen MR) is 70.4 cm³/mol. The van der Waals surface area contributed by atoms with Gasteiger partial charge in [-0.25, -0.2) is 9.97 Å². The first-order valence-corrected chi connectivity index (χ1v) is 5.95. The molecular weight excluding hydrogens is 288 g/mol. The first-order chi connectivity index (χ1) is 9.61. The Morgan fingerprint density at radius 1 is 1.55 bits per heavy atom. The molecular formula is C11H11ClN4O4. The van der Waals surface area contributed by atoms with Gasteiger partial charge in [-0.15, -0.1) is 0 Å². The first kappa shape index (κ1) is 14.2. The summed E-state index contributed by atoms with van der Waals surface area (Å²) in [5, 5.41) is 13.6. The minimum absolute atomic E-state index is 0.0263. The van der Waals surface area contributed by atoms with Gasteiger partial charge in [-0.05, 0) is 12.1 Å². The molecule has 0 unspecified atom stereocenters. The second kappa shape index (κ2) is 6.31. The smallest absolute Gasteiger partial charge is 0.348 e. The lowest BCUT2D eigenvalue weighted by atomic mass is 10.4. The standard InChI is InChI=1S/C11H11ClN4O4/c1-19-6-8-14-10(12)9(16(17)18)11(15-8)13-5-7-3-2-4-20-7/h2-4H,5-6H2,1H3,(H,13,14,15). The highest BCUT2D eigenvalue weighted by atomic mass is 35.5. The summed E-state index contributed by atoms with van der Waals surface area (Å²) < 4.78 is 10.0. The fourth-order valence-corrected chi connectivity index (χ4v) is 1.79.